The second-order valence-corrected chi connectivity index (χ2v) is 6.95. The van der Waals surface area contributed by atoms with Crippen LogP contribution < -0.4 is 10.8 Å². The number of rotatable bonds is 8. The van der Waals surface area contributed by atoms with Crippen LogP contribution in [-0.4, -0.2) is 36.4 Å². The molecule has 30 heavy (non-hydrogen) atoms. The third-order valence-corrected chi connectivity index (χ3v) is 4.91. The molecule has 0 radical (unpaired) electrons. The Balaban J connectivity index is 1.39. The standard InChI is InChI=1S/C22H24N2O6/c25-20(26)12-2-1-7-13-23-21(27)30-24-22(28)29-14-19-17-10-5-3-8-15(17)16-9-4-6-11-18(16)19/h3-6,8-11,19H,1-2,7,12-14H2,(H,23,27)(H,24,28)(H,25,26). The van der Waals surface area contributed by atoms with E-state index in [9.17, 15) is 14.4 Å². The minimum Gasteiger partial charge on any atom is -0.481 e. The maximum Gasteiger partial charge on any atom is 0.440 e. The van der Waals surface area contributed by atoms with Gasteiger partial charge in [0.15, 0.2) is 0 Å². The van der Waals surface area contributed by atoms with Crippen LogP contribution in [-0.2, 0) is 14.4 Å². The zero-order chi connectivity index (χ0) is 21.3. The first-order chi connectivity index (χ1) is 14.6. The van der Waals surface area contributed by atoms with Gasteiger partial charge in [-0.1, -0.05) is 55.0 Å². The summed E-state index contributed by atoms with van der Waals surface area (Å²) in [5.74, 6) is -0.919. The Hall–Kier alpha value is -3.55. The van der Waals surface area contributed by atoms with Gasteiger partial charge in [-0.05, 0) is 35.1 Å². The number of carbonyl (C=O) groups is 3. The molecule has 0 unspecified atom stereocenters. The summed E-state index contributed by atoms with van der Waals surface area (Å²) in [6.45, 7) is 0.444. The van der Waals surface area contributed by atoms with Crippen molar-refractivity contribution in [2.24, 2.45) is 0 Å². The molecular weight excluding hydrogens is 388 g/mol. The number of aliphatic carboxylic acids is 1. The zero-order valence-electron chi connectivity index (χ0n) is 16.4. The molecule has 0 aromatic heterocycles. The van der Waals surface area contributed by atoms with Crippen LogP contribution in [0, 0.1) is 0 Å². The van der Waals surface area contributed by atoms with Crippen molar-refractivity contribution in [2.45, 2.75) is 31.6 Å². The van der Waals surface area contributed by atoms with Crippen LogP contribution in [0.1, 0.15) is 42.7 Å². The molecule has 0 saturated heterocycles. The highest BCUT2D eigenvalue weighted by atomic mass is 16.7. The van der Waals surface area contributed by atoms with E-state index in [0.29, 0.717) is 25.8 Å². The molecule has 8 nitrogen and oxygen atoms in total. The molecule has 1 aliphatic carbocycles. The number of ether oxygens (including phenoxy) is 1. The molecular formula is C22H24N2O6. The molecule has 158 valence electrons. The Kier molecular flexibility index (Phi) is 7.26. The molecule has 0 spiro atoms. The average Bonchev–Trinajstić information content (AvgIpc) is 3.07. The Morgan fingerprint density at radius 1 is 0.867 bits per heavy atom. The molecule has 3 N–H and O–H groups in total. The fourth-order valence-corrected chi connectivity index (χ4v) is 3.52. The van der Waals surface area contributed by atoms with Crippen LogP contribution in [0.25, 0.3) is 11.1 Å². The molecule has 0 heterocycles. The first kappa shape index (κ1) is 21.2. The lowest BCUT2D eigenvalue weighted by molar-refractivity contribution is -0.137. The normalized spacial score (nSPS) is 11.9. The number of fused-ring (bicyclic) bond motifs is 3. The number of amides is 2. The summed E-state index contributed by atoms with van der Waals surface area (Å²) in [5.41, 5.74) is 6.40. The largest absolute Gasteiger partial charge is 0.481 e. The van der Waals surface area contributed by atoms with Crippen molar-refractivity contribution < 1.29 is 29.1 Å². The fourth-order valence-electron chi connectivity index (χ4n) is 3.52. The van der Waals surface area contributed by atoms with Crippen LogP contribution in [0.2, 0.25) is 0 Å². The maximum absolute atomic E-state index is 11.9. The molecule has 2 amide bonds. The van der Waals surface area contributed by atoms with E-state index in [1.54, 1.807) is 0 Å². The third-order valence-electron chi connectivity index (χ3n) is 4.91. The number of benzene rings is 2. The van der Waals surface area contributed by atoms with Gasteiger partial charge in [0.05, 0.1) is 0 Å². The smallest absolute Gasteiger partial charge is 0.440 e. The van der Waals surface area contributed by atoms with Crippen LogP contribution in [0.3, 0.4) is 0 Å². The van der Waals surface area contributed by atoms with E-state index in [1.807, 2.05) is 54.0 Å². The predicted octanol–water partition coefficient (Wildman–Crippen LogP) is 3.81. The number of carboxylic acid groups (broad SMARTS) is 1. The molecule has 8 heteroatoms. The first-order valence-corrected chi connectivity index (χ1v) is 9.83. The number of unbranched alkanes of at least 4 members (excludes halogenated alkanes) is 2. The number of hydrogen-bond acceptors (Lipinski definition) is 5. The fraction of sp³-hybridized carbons (Fsp3) is 0.318. The second-order valence-electron chi connectivity index (χ2n) is 6.95. The summed E-state index contributed by atoms with van der Waals surface area (Å²) < 4.78 is 5.26. The lowest BCUT2D eigenvalue weighted by Gasteiger charge is -2.14. The van der Waals surface area contributed by atoms with Crippen LogP contribution in [0.15, 0.2) is 48.5 Å². The minimum atomic E-state index is -0.853. The summed E-state index contributed by atoms with van der Waals surface area (Å²) >= 11 is 0. The summed E-state index contributed by atoms with van der Waals surface area (Å²) in [7, 11) is 0. The van der Waals surface area contributed by atoms with Crippen molar-refractivity contribution in [3.63, 3.8) is 0 Å². The van der Waals surface area contributed by atoms with Gasteiger partial charge < -0.3 is 20.0 Å². The van der Waals surface area contributed by atoms with Gasteiger partial charge in [-0.2, -0.15) is 0 Å². The van der Waals surface area contributed by atoms with E-state index in [4.69, 9.17) is 9.84 Å². The summed E-state index contributed by atoms with van der Waals surface area (Å²) in [6.07, 6.45) is 0.285. The number of hydrogen-bond donors (Lipinski definition) is 3. The minimum absolute atomic E-state index is 0.0808. The molecule has 3 rings (SSSR count). The van der Waals surface area contributed by atoms with Crippen molar-refractivity contribution in [3.05, 3.63) is 59.7 Å². The second kappa shape index (κ2) is 10.3. The Bertz CT molecular complexity index is 869. The molecule has 1 aliphatic rings. The van der Waals surface area contributed by atoms with Gasteiger partial charge in [0.2, 0.25) is 0 Å². The van der Waals surface area contributed by atoms with E-state index < -0.39 is 18.2 Å². The Morgan fingerprint density at radius 3 is 2.13 bits per heavy atom. The van der Waals surface area contributed by atoms with Crippen LogP contribution in [0.4, 0.5) is 9.59 Å². The SMILES string of the molecule is O=C(O)CCCCCNC(=O)ONC(=O)OCC1c2ccccc2-c2ccccc21. The van der Waals surface area contributed by atoms with Crippen molar-refractivity contribution in [3.8, 4) is 11.1 Å². The van der Waals surface area contributed by atoms with Crippen molar-refractivity contribution in [1.82, 2.24) is 10.8 Å². The average molecular weight is 412 g/mol. The van der Waals surface area contributed by atoms with Gasteiger partial charge in [0, 0.05) is 18.9 Å². The lowest BCUT2D eigenvalue weighted by atomic mass is 9.98. The molecule has 2 aromatic rings. The molecule has 2 aromatic carbocycles. The predicted molar refractivity (Wildman–Crippen MR) is 109 cm³/mol. The van der Waals surface area contributed by atoms with E-state index >= 15 is 0 Å². The number of carboxylic acids is 1. The van der Waals surface area contributed by atoms with E-state index in [2.05, 4.69) is 10.2 Å². The van der Waals surface area contributed by atoms with E-state index in [1.165, 1.54) is 0 Å². The highest BCUT2D eigenvalue weighted by Gasteiger charge is 2.29. The van der Waals surface area contributed by atoms with Gasteiger partial charge in [-0.3, -0.25) is 4.79 Å². The molecule has 0 atom stereocenters. The quantitative estimate of drug-likeness (QED) is 0.449. The third kappa shape index (κ3) is 5.50. The number of hydroxylamine groups is 1. The van der Waals surface area contributed by atoms with Gasteiger partial charge in [-0.15, -0.1) is 5.48 Å². The lowest BCUT2D eigenvalue weighted by Crippen LogP contribution is -2.34. The van der Waals surface area contributed by atoms with E-state index in [0.717, 1.165) is 22.3 Å². The molecule has 0 bridgehead atoms. The maximum atomic E-state index is 11.9. The highest BCUT2D eigenvalue weighted by Crippen LogP contribution is 2.44. The van der Waals surface area contributed by atoms with Crippen LogP contribution in [0.5, 0.6) is 0 Å². The molecule has 0 aliphatic heterocycles. The Labute approximate surface area is 174 Å². The highest BCUT2D eigenvalue weighted by molar-refractivity contribution is 5.79. The zero-order valence-corrected chi connectivity index (χ0v) is 16.4. The monoisotopic (exact) mass is 412 g/mol. The number of carbonyl (C=O) groups excluding carboxylic acids is 2. The summed E-state index contributed by atoms with van der Waals surface area (Å²) in [5, 5.41) is 11.0. The van der Waals surface area contributed by atoms with Crippen molar-refractivity contribution in [1.29, 1.82) is 0 Å². The molecule has 0 fully saturated rings. The summed E-state index contributed by atoms with van der Waals surface area (Å²) in [6, 6.07) is 16.0. The molecule has 0 saturated carbocycles. The van der Waals surface area contributed by atoms with Gasteiger partial charge in [0.25, 0.3) is 0 Å². The van der Waals surface area contributed by atoms with Gasteiger partial charge in [-0.25, -0.2) is 9.59 Å². The van der Waals surface area contributed by atoms with Crippen LogP contribution >= 0.6 is 0 Å². The van der Waals surface area contributed by atoms with E-state index in [-0.39, 0.29) is 18.9 Å². The topological polar surface area (TPSA) is 114 Å². The first-order valence-electron chi connectivity index (χ1n) is 9.83. The number of nitrogens with one attached hydrogen (secondary N) is 2. The Morgan fingerprint density at radius 2 is 1.50 bits per heavy atom. The van der Waals surface area contributed by atoms with Gasteiger partial charge in [0.1, 0.15) is 6.61 Å². The van der Waals surface area contributed by atoms with Crippen molar-refractivity contribution >= 4 is 18.2 Å². The summed E-state index contributed by atoms with van der Waals surface area (Å²) in [4.78, 5) is 38.5. The van der Waals surface area contributed by atoms with Gasteiger partial charge >= 0.3 is 18.2 Å². The van der Waals surface area contributed by atoms with Crippen molar-refractivity contribution in [2.75, 3.05) is 13.2 Å².